The lowest BCUT2D eigenvalue weighted by Crippen LogP contribution is -2.33. The molecule has 0 heterocycles. The highest BCUT2D eigenvalue weighted by molar-refractivity contribution is 7.90. The van der Waals surface area contributed by atoms with E-state index in [-0.39, 0.29) is 11.8 Å². The van der Waals surface area contributed by atoms with Crippen LogP contribution in [0.5, 0.6) is 0 Å². The Balaban J connectivity index is 2.72. The van der Waals surface area contributed by atoms with E-state index in [0.717, 1.165) is 9.98 Å². The average molecular weight is 333 g/mol. The minimum Gasteiger partial charge on any atom is -0.274 e. The zero-order valence-electron chi connectivity index (χ0n) is 12.6. The van der Waals surface area contributed by atoms with Crippen molar-refractivity contribution in [3.8, 4) is 0 Å². The number of hydrogen-bond acceptors (Lipinski definition) is 3. The SMILES string of the molecule is CC(=O)N(Cl)c1ccc(C(C)CNS(=O)(=O)C(C)C)cc1. The van der Waals surface area contributed by atoms with Gasteiger partial charge in [0.05, 0.1) is 10.9 Å². The van der Waals surface area contributed by atoms with Crippen LogP contribution in [0.3, 0.4) is 0 Å². The summed E-state index contributed by atoms with van der Waals surface area (Å²) in [5.74, 6) is -0.240. The van der Waals surface area contributed by atoms with Gasteiger partial charge in [0.25, 0.3) is 0 Å². The Hall–Kier alpha value is -1.11. The van der Waals surface area contributed by atoms with Crippen LogP contribution in [0.25, 0.3) is 0 Å². The van der Waals surface area contributed by atoms with Crippen molar-refractivity contribution in [2.24, 2.45) is 0 Å². The van der Waals surface area contributed by atoms with Crippen molar-refractivity contribution < 1.29 is 13.2 Å². The summed E-state index contributed by atoms with van der Waals surface area (Å²) in [5.41, 5.74) is 1.56. The quantitative estimate of drug-likeness (QED) is 0.814. The summed E-state index contributed by atoms with van der Waals surface area (Å²) >= 11 is 5.82. The third kappa shape index (κ3) is 4.98. The van der Waals surface area contributed by atoms with Crippen molar-refractivity contribution in [1.82, 2.24) is 4.72 Å². The second-order valence-corrected chi connectivity index (χ2v) is 7.89. The summed E-state index contributed by atoms with van der Waals surface area (Å²) < 4.78 is 27.1. The van der Waals surface area contributed by atoms with Crippen LogP contribution in [-0.4, -0.2) is 26.1 Å². The van der Waals surface area contributed by atoms with E-state index in [2.05, 4.69) is 4.72 Å². The van der Waals surface area contributed by atoms with Crippen LogP contribution in [0, 0.1) is 0 Å². The number of halogens is 1. The molecular weight excluding hydrogens is 312 g/mol. The molecule has 0 spiro atoms. The Morgan fingerprint density at radius 1 is 1.24 bits per heavy atom. The lowest BCUT2D eigenvalue weighted by Gasteiger charge is -2.16. The Bertz CT molecular complexity index is 585. The third-order valence-corrected chi connectivity index (χ3v) is 5.42. The van der Waals surface area contributed by atoms with Crippen LogP contribution in [0.1, 0.15) is 39.2 Å². The molecule has 0 fully saturated rings. The van der Waals surface area contributed by atoms with Crippen molar-refractivity contribution in [1.29, 1.82) is 0 Å². The molecule has 21 heavy (non-hydrogen) atoms. The maximum atomic E-state index is 11.7. The predicted octanol–water partition coefficient (Wildman–Crippen LogP) is 2.62. The maximum absolute atomic E-state index is 11.7. The van der Waals surface area contributed by atoms with Crippen LogP contribution in [0.2, 0.25) is 0 Å². The van der Waals surface area contributed by atoms with Gasteiger partial charge in [-0.15, -0.1) is 0 Å². The number of rotatable bonds is 6. The van der Waals surface area contributed by atoms with E-state index >= 15 is 0 Å². The van der Waals surface area contributed by atoms with Gasteiger partial charge in [0.1, 0.15) is 0 Å². The summed E-state index contributed by atoms with van der Waals surface area (Å²) in [6.45, 7) is 6.92. The second kappa shape index (κ2) is 7.24. The minimum absolute atomic E-state index is 0.0219. The number of nitrogens with one attached hydrogen (secondary N) is 1. The van der Waals surface area contributed by atoms with Gasteiger partial charge in [0, 0.05) is 25.2 Å². The molecule has 0 aliphatic rings. The highest BCUT2D eigenvalue weighted by Gasteiger charge is 2.17. The number of anilines is 1. The fraction of sp³-hybridized carbons (Fsp3) is 0.500. The Morgan fingerprint density at radius 3 is 2.19 bits per heavy atom. The second-order valence-electron chi connectivity index (χ2n) is 5.23. The van der Waals surface area contributed by atoms with E-state index in [4.69, 9.17) is 11.8 Å². The number of amides is 1. The molecule has 1 aromatic rings. The molecule has 1 aromatic carbocycles. The molecule has 0 saturated heterocycles. The van der Waals surface area contributed by atoms with Gasteiger partial charge in [0.2, 0.25) is 15.9 Å². The van der Waals surface area contributed by atoms with Crippen LogP contribution in [0.15, 0.2) is 24.3 Å². The van der Waals surface area contributed by atoms with Crippen LogP contribution in [0.4, 0.5) is 5.69 Å². The van der Waals surface area contributed by atoms with Crippen molar-refractivity contribution in [2.45, 2.75) is 38.9 Å². The molecule has 5 nitrogen and oxygen atoms in total. The zero-order chi connectivity index (χ0) is 16.2. The Kier molecular flexibility index (Phi) is 6.19. The van der Waals surface area contributed by atoms with Gasteiger partial charge in [-0.1, -0.05) is 19.1 Å². The molecule has 118 valence electrons. The number of sulfonamides is 1. The number of nitrogens with zero attached hydrogens (tertiary/aromatic N) is 1. The number of benzene rings is 1. The first-order valence-corrected chi connectivity index (χ1v) is 8.58. The topological polar surface area (TPSA) is 66.5 Å². The first kappa shape index (κ1) is 17.9. The van der Waals surface area contributed by atoms with Gasteiger partial charge >= 0.3 is 0 Å². The lowest BCUT2D eigenvalue weighted by atomic mass is 10.0. The monoisotopic (exact) mass is 332 g/mol. The van der Waals surface area contributed by atoms with E-state index in [0.29, 0.717) is 12.2 Å². The number of carbonyl (C=O) groups is 1. The van der Waals surface area contributed by atoms with Crippen LogP contribution >= 0.6 is 11.8 Å². The third-order valence-electron chi connectivity index (χ3n) is 3.18. The fourth-order valence-electron chi connectivity index (χ4n) is 1.64. The molecule has 1 amide bonds. The normalized spacial score (nSPS) is 13.2. The van der Waals surface area contributed by atoms with Crippen LogP contribution < -0.4 is 9.14 Å². The van der Waals surface area contributed by atoms with E-state index < -0.39 is 15.3 Å². The highest BCUT2D eigenvalue weighted by Crippen LogP contribution is 2.21. The van der Waals surface area contributed by atoms with E-state index in [1.54, 1.807) is 26.0 Å². The minimum atomic E-state index is -3.26. The molecule has 1 atom stereocenters. The molecule has 1 N–H and O–H groups in total. The zero-order valence-corrected chi connectivity index (χ0v) is 14.2. The summed E-state index contributed by atoms with van der Waals surface area (Å²) in [6, 6.07) is 7.14. The molecule has 0 aromatic heterocycles. The van der Waals surface area contributed by atoms with Crippen molar-refractivity contribution >= 4 is 33.4 Å². The maximum Gasteiger partial charge on any atom is 0.238 e. The number of carbonyl (C=O) groups excluding carboxylic acids is 1. The standard InChI is InChI=1S/C14H21ClN2O3S/c1-10(2)21(19,20)16-9-11(3)13-5-7-14(8-6-13)17(15)12(4)18/h5-8,10-11,16H,9H2,1-4H3. The first-order valence-electron chi connectivity index (χ1n) is 6.70. The van der Waals surface area contributed by atoms with Gasteiger partial charge < -0.3 is 0 Å². The van der Waals surface area contributed by atoms with Crippen molar-refractivity contribution in [3.63, 3.8) is 0 Å². The molecule has 0 saturated carbocycles. The van der Waals surface area contributed by atoms with Gasteiger partial charge in [-0.2, -0.15) is 0 Å². The van der Waals surface area contributed by atoms with Gasteiger partial charge in [-0.25, -0.2) is 17.6 Å². The van der Waals surface area contributed by atoms with Crippen molar-refractivity contribution in [3.05, 3.63) is 29.8 Å². The van der Waals surface area contributed by atoms with Gasteiger partial charge in [-0.3, -0.25) is 4.79 Å². The molecule has 0 aliphatic heterocycles. The molecule has 0 radical (unpaired) electrons. The summed E-state index contributed by atoms with van der Waals surface area (Å²) in [7, 11) is -3.26. The predicted molar refractivity (Wildman–Crippen MR) is 85.9 cm³/mol. The Morgan fingerprint density at radius 2 is 1.76 bits per heavy atom. The molecule has 7 heteroatoms. The molecule has 0 aliphatic carbocycles. The largest absolute Gasteiger partial charge is 0.274 e. The average Bonchev–Trinajstić information content (AvgIpc) is 2.44. The Labute approximate surface area is 131 Å². The summed E-state index contributed by atoms with van der Waals surface area (Å²) in [4.78, 5) is 11.2. The summed E-state index contributed by atoms with van der Waals surface area (Å²) in [5, 5.41) is -0.451. The van der Waals surface area contributed by atoms with Crippen molar-refractivity contribution in [2.75, 3.05) is 11.0 Å². The molecule has 1 unspecified atom stereocenters. The molecule has 1 rings (SSSR count). The van der Waals surface area contributed by atoms with Crippen LogP contribution in [-0.2, 0) is 14.8 Å². The van der Waals surface area contributed by atoms with E-state index in [9.17, 15) is 13.2 Å². The van der Waals surface area contributed by atoms with E-state index in [1.807, 2.05) is 19.1 Å². The molecule has 0 bridgehead atoms. The summed E-state index contributed by atoms with van der Waals surface area (Å²) in [6.07, 6.45) is 0. The van der Waals surface area contributed by atoms with E-state index in [1.165, 1.54) is 6.92 Å². The van der Waals surface area contributed by atoms with Gasteiger partial charge in [-0.05, 0) is 37.5 Å². The fourth-order valence-corrected chi connectivity index (χ4v) is 2.57. The highest BCUT2D eigenvalue weighted by atomic mass is 35.5. The first-order chi connectivity index (χ1) is 9.65. The lowest BCUT2D eigenvalue weighted by molar-refractivity contribution is -0.115. The van der Waals surface area contributed by atoms with Gasteiger partial charge in [0.15, 0.2) is 0 Å². The number of hydrogen-bond donors (Lipinski definition) is 1. The smallest absolute Gasteiger partial charge is 0.238 e. The molecular formula is C14H21ClN2O3S.